The smallest absolute Gasteiger partial charge is 0.369 e. The van der Waals surface area contributed by atoms with Crippen molar-refractivity contribution < 1.29 is 18.0 Å². The fraction of sp³-hybridized carbons (Fsp3) is 0.263. The molecule has 0 saturated heterocycles. The number of hydrogen-bond acceptors (Lipinski definition) is 3. The van der Waals surface area contributed by atoms with E-state index in [-0.39, 0.29) is 18.3 Å². The zero-order valence-corrected chi connectivity index (χ0v) is 14.3. The Bertz CT molecular complexity index is 874. The SMILES string of the molecule is CN1C(=O)CC(C)(c2cccc(-c3ccc(C(F)(F)F)cc3)c2)N=C1N. The van der Waals surface area contributed by atoms with Crippen molar-refractivity contribution in [1.82, 2.24) is 4.90 Å². The number of amides is 1. The standard InChI is InChI=1S/C19H18F3N3O/c1-18(11-16(26)25(2)17(23)24-18)15-5-3-4-13(10-15)12-6-8-14(9-7-12)19(20,21)22/h3-10H,11H2,1-2H3,(H2,23,24). The molecule has 0 aliphatic carbocycles. The van der Waals surface area contributed by atoms with Crippen molar-refractivity contribution >= 4 is 11.9 Å². The highest BCUT2D eigenvalue weighted by Crippen LogP contribution is 2.36. The van der Waals surface area contributed by atoms with E-state index in [0.29, 0.717) is 5.56 Å². The number of halogens is 3. The Morgan fingerprint density at radius 1 is 1.12 bits per heavy atom. The highest BCUT2D eigenvalue weighted by atomic mass is 19.4. The third-order valence-corrected chi connectivity index (χ3v) is 4.60. The Morgan fingerprint density at radius 3 is 2.35 bits per heavy atom. The molecular weight excluding hydrogens is 343 g/mol. The van der Waals surface area contributed by atoms with Crippen molar-refractivity contribution in [2.24, 2.45) is 10.7 Å². The van der Waals surface area contributed by atoms with Gasteiger partial charge >= 0.3 is 6.18 Å². The Hall–Kier alpha value is -2.83. The number of carbonyl (C=O) groups is 1. The first-order valence-corrected chi connectivity index (χ1v) is 8.00. The van der Waals surface area contributed by atoms with E-state index in [1.807, 2.05) is 19.1 Å². The summed E-state index contributed by atoms with van der Waals surface area (Å²) in [5.41, 5.74) is 6.51. The lowest BCUT2D eigenvalue weighted by atomic mass is 9.86. The minimum Gasteiger partial charge on any atom is -0.369 e. The lowest BCUT2D eigenvalue weighted by molar-refractivity contribution is -0.137. The van der Waals surface area contributed by atoms with Crippen molar-refractivity contribution in [3.63, 3.8) is 0 Å². The number of carbonyl (C=O) groups excluding carboxylic acids is 1. The highest BCUT2D eigenvalue weighted by molar-refractivity contribution is 5.98. The molecule has 7 heteroatoms. The van der Waals surface area contributed by atoms with Crippen LogP contribution in [0.1, 0.15) is 24.5 Å². The number of benzene rings is 2. The number of aliphatic imine (C=N–C) groups is 1. The predicted molar refractivity (Wildman–Crippen MR) is 93.2 cm³/mol. The molecule has 136 valence electrons. The van der Waals surface area contributed by atoms with Gasteiger partial charge in [-0.1, -0.05) is 30.3 Å². The summed E-state index contributed by atoms with van der Waals surface area (Å²) in [6.07, 6.45) is -4.20. The maximum Gasteiger partial charge on any atom is 0.416 e. The fourth-order valence-corrected chi connectivity index (χ4v) is 2.96. The van der Waals surface area contributed by atoms with Crippen LogP contribution in [0.3, 0.4) is 0 Å². The van der Waals surface area contributed by atoms with Gasteiger partial charge in [0, 0.05) is 7.05 Å². The van der Waals surface area contributed by atoms with Crippen molar-refractivity contribution in [2.45, 2.75) is 25.1 Å². The molecule has 4 nitrogen and oxygen atoms in total. The molecule has 0 aromatic heterocycles. The Labute approximate surface area is 149 Å². The molecule has 3 rings (SSSR count). The van der Waals surface area contributed by atoms with Crippen molar-refractivity contribution in [3.8, 4) is 11.1 Å². The molecule has 0 spiro atoms. The van der Waals surface area contributed by atoms with E-state index in [2.05, 4.69) is 4.99 Å². The summed E-state index contributed by atoms with van der Waals surface area (Å²) in [5, 5.41) is 0. The van der Waals surface area contributed by atoms with Crippen LogP contribution in [0.5, 0.6) is 0 Å². The number of guanidine groups is 1. The molecule has 1 heterocycles. The van der Waals surface area contributed by atoms with Crippen LogP contribution in [0.4, 0.5) is 13.2 Å². The average Bonchev–Trinajstić information content (AvgIpc) is 2.59. The number of hydrogen-bond donors (Lipinski definition) is 1. The Kier molecular flexibility index (Phi) is 4.26. The summed E-state index contributed by atoms with van der Waals surface area (Å²) in [6, 6.07) is 12.2. The first-order valence-electron chi connectivity index (χ1n) is 8.00. The molecule has 1 amide bonds. The largest absolute Gasteiger partial charge is 0.416 e. The number of nitrogens with two attached hydrogens (primary N) is 1. The maximum atomic E-state index is 12.7. The molecule has 2 N–H and O–H groups in total. The van der Waals surface area contributed by atoms with Crippen LogP contribution in [0, 0.1) is 0 Å². The lowest BCUT2D eigenvalue weighted by Crippen LogP contribution is -2.47. The van der Waals surface area contributed by atoms with Gasteiger partial charge in [-0.2, -0.15) is 13.2 Å². The third kappa shape index (κ3) is 3.29. The molecular formula is C19H18F3N3O. The van der Waals surface area contributed by atoms with Gasteiger partial charge in [0.25, 0.3) is 0 Å². The zero-order chi connectivity index (χ0) is 19.1. The van der Waals surface area contributed by atoms with E-state index in [1.54, 1.807) is 19.2 Å². The van der Waals surface area contributed by atoms with Crippen LogP contribution in [0.2, 0.25) is 0 Å². The zero-order valence-electron chi connectivity index (χ0n) is 14.3. The molecule has 2 aromatic carbocycles. The summed E-state index contributed by atoms with van der Waals surface area (Å²) in [6.45, 7) is 1.82. The second-order valence-electron chi connectivity index (χ2n) is 6.53. The van der Waals surface area contributed by atoms with Crippen molar-refractivity contribution in [3.05, 3.63) is 59.7 Å². The number of alkyl halides is 3. The minimum absolute atomic E-state index is 0.139. The second kappa shape index (κ2) is 6.16. The minimum atomic E-state index is -4.37. The first kappa shape index (κ1) is 18.0. The average molecular weight is 361 g/mol. The highest BCUT2D eigenvalue weighted by Gasteiger charge is 2.36. The van der Waals surface area contributed by atoms with Crippen molar-refractivity contribution in [2.75, 3.05) is 7.05 Å². The van der Waals surface area contributed by atoms with Gasteiger partial charge in [0.15, 0.2) is 5.96 Å². The van der Waals surface area contributed by atoms with E-state index >= 15 is 0 Å². The van der Waals surface area contributed by atoms with Gasteiger partial charge in [-0.3, -0.25) is 9.69 Å². The molecule has 0 bridgehead atoms. The molecule has 26 heavy (non-hydrogen) atoms. The normalized spacial score (nSPS) is 20.9. The predicted octanol–water partition coefficient (Wildman–Crippen LogP) is 3.76. The first-order chi connectivity index (χ1) is 12.1. The van der Waals surface area contributed by atoms with Gasteiger partial charge in [0.1, 0.15) is 0 Å². The van der Waals surface area contributed by atoms with E-state index in [4.69, 9.17) is 5.73 Å². The van der Waals surface area contributed by atoms with E-state index < -0.39 is 17.3 Å². The van der Waals surface area contributed by atoms with Gasteiger partial charge < -0.3 is 5.73 Å². The van der Waals surface area contributed by atoms with Gasteiger partial charge in [0.2, 0.25) is 5.91 Å². The lowest BCUT2D eigenvalue weighted by Gasteiger charge is -2.33. The van der Waals surface area contributed by atoms with Gasteiger partial charge in [-0.05, 0) is 41.8 Å². The second-order valence-corrected chi connectivity index (χ2v) is 6.53. The van der Waals surface area contributed by atoms with Gasteiger partial charge in [0.05, 0.1) is 17.5 Å². The summed E-state index contributed by atoms with van der Waals surface area (Å²) >= 11 is 0. The molecule has 0 fully saturated rings. The van der Waals surface area contributed by atoms with Crippen LogP contribution >= 0.6 is 0 Å². The number of nitrogens with zero attached hydrogens (tertiary/aromatic N) is 2. The molecule has 0 radical (unpaired) electrons. The van der Waals surface area contributed by atoms with E-state index in [9.17, 15) is 18.0 Å². The molecule has 1 aliphatic heterocycles. The van der Waals surface area contributed by atoms with Crippen LogP contribution < -0.4 is 5.73 Å². The summed E-state index contributed by atoms with van der Waals surface area (Å²) in [7, 11) is 1.57. The van der Waals surface area contributed by atoms with Gasteiger partial charge in [-0.15, -0.1) is 0 Å². The van der Waals surface area contributed by atoms with Crippen LogP contribution in [-0.4, -0.2) is 23.8 Å². The number of rotatable bonds is 2. The topological polar surface area (TPSA) is 58.7 Å². The molecule has 1 unspecified atom stereocenters. The summed E-state index contributed by atoms with van der Waals surface area (Å²) < 4.78 is 38.2. The Balaban J connectivity index is 1.98. The fourth-order valence-electron chi connectivity index (χ4n) is 2.96. The van der Waals surface area contributed by atoms with Crippen molar-refractivity contribution in [1.29, 1.82) is 0 Å². The quantitative estimate of drug-likeness (QED) is 0.885. The van der Waals surface area contributed by atoms with E-state index in [1.165, 1.54) is 17.0 Å². The van der Waals surface area contributed by atoms with Crippen LogP contribution in [0.15, 0.2) is 53.5 Å². The molecule has 0 saturated carbocycles. The molecule has 1 atom stereocenters. The maximum absolute atomic E-state index is 12.7. The summed E-state index contributed by atoms with van der Waals surface area (Å²) in [4.78, 5) is 17.9. The third-order valence-electron chi connectivity index (χ3n) is 4.60. The van der Waals surface area contributed by atoms with Gasteiger partial charge in [-0.25, -0.2) is 4.99 Å². The summed E-state index contributed by atoms with van der Waals surface area (Å²) in [5.74, 6) is 0.00335. The van der Waals surface area contributed by atoms with Crippen LogP contribution in [-0.2, 0) is 16.5 Å². The molecule has 2 aromatic rings. The van der Waals surface area contributed by atoms with E-state index in [0.717, 1.165) is 23.3 Å². The monoisotopic (exact) mass is 361 g/mol. The van der Waals surface area contributed by atoms with Crippen LogP contribution in [0.25, 0.3) is 11.1 Å². The Morgan fingerprint density at radius 2 is 1.77 bits per heavy atom. The molecule has 1 aliphatic rings.